The molecular formula is C37H54ClN5O3. The van der Waals surface area contributed by atoms with Crippen LogP contribution >= 0.6 is 12.4 Å². The minimum absolute atomic E-state index is 0. The van der Waals surface area contributed by atoms with Crippen molar-refractivity contribution in [1.29, 1.82) is 0 Å². The first-order valence-corrected chi connectivity index (χ1v) is 16.3. The number of nitrogens with two attached hydrogens (primary N) is 1. The van der Waals surface area contributed by atoms with Gasteiger partial charge in [-0.2, -0.15) is 0 Å². The lowest BCUT2D eigenvalue weighted by molar-refractivity contribution is 0.244. The molecule has 46 heavy (non-hydrogen) atoms. The maximum atomic E-state index is 13.6. The van der Waals surface area contributed by atoms with Gasteiger partial charge in [-0.1, -0.05) is 52.0 Å². The van der Waals surface area contributed by atoms with Crippen LogP contribution in [0.4, 0.5) is 21.9 Å². The van der Waals surface area contributed by atoms with Gasteiger partial charge in [-0.15, -0.1) is 12.4 Å². The molecule has 0 atom stereocenters. The van der Waals surface area contributed by atoms with Crippen molar-refractivity contribution < 1.29 is 14.3 Å². The van der Waals surface area contributed by atoms with Gasteiger partial charge in [0.15, 0.2) is 0 Å². The van der Waals surface area contributed by atoms with E-state index in [-0.39, 0.29) is 35.7 Å². The zero-order valence-electron chi connectivity index (χ0n) is 28.7. The molecule has 3 aromatic rings. The summed E-state index contributed by atoms with van der Waals surface area (Å²) in [6.07, 6.45) is 2.71. The fraction of sp³-hybridized carbons (Fsp3) is 0.486. The maximum absolute atomic E-state index is 13.6. The highest BCUT2D eigenvalue weighted by atomic mass is 35.5. The van der Waals surface area contributed by atoms with Crippen LogP contribution in [-0.2, 0) is 5.41 Å². The van der Waals surface area contributed by atoms with Gasteiger partial charge in [0.2, 0.25) is 0 Å². The molecule has 1 aliphatic heterocycles. The van der Waals surface area contributed by atoms with Gasteiger partial charge in [-0.05, 0) is 98.3 Å². The Morgan fingerprint density at radius 1 is 0.978 bits per heavy atom. The molecule has 4 rings (SSSR count). The SMILES string of the molecule is COc1cccc(C2(CNC(=O)Nc3c(C(C)C)cc(N)cc3C(C)C)CCN(c3ccccc3OCCCN(C)C)CC2)c1.Cl. The number of anilines is 3. The summed E-state index contributed by atoms with van der Waals surface area (Å²) in [6.45, 7) is 12.4. The fourth-order valence-electron chi connectivity index (χ4n) is 6.27. The lowest BCUT2D eigenvalue weighted by Gasteiger charge is -2.43. The Hall–Kier alpha value is -3.62. The Morgan fingerprint density at radius 2 is 1.63 bits per heavy atom. The predicted octanol–water partition coefficient (Wildman–Crippen LogP) is 7.64. The molecule has 0 spiro atoms. The summed E-state index contributed by atoms with van der Waals surface area (Å²) in [4.78, 5) is 18.2. The number of para-hydroxylation sites is 2. The molecule has 0 aliphatic carbocycles. The van der Waals surface area contributed by atoms with Crippen LogP contribution in [0.25, 0.3) is 0 Å². The standard InChI is InChI=1S/C37H53N5O3.ClH/c1-26(2)31-23-29(38)24-32(27(3)4)35(31)40-36(43)39-25-37(28-12-10-13-30(22-28)44-7)16-19-42(20-17-37)33-14-8-9-15-34(33)45-21-11-18-41(5)6;/h8-10,12-15,22-24,26-27H,11,16-21,25,38H2,1-7H3,(H2,39,40,43);1H. The molecule has 1 fully saturated rings. The number of nitrogens with zero attached hydrogens (tertiary/aromatic N) is 2. The van der Waals surface area contributed by atoms with Gasteiger partial charge in [0.1, 0.15) is 11.5 Å². The second-order valence-electron chi connectivity index (χ2n) is 13.2. The lowest BCUT2D eigenvalue weighted by Crippen LogP contribution is -2.49. The average molecular weight is 652 g/mol. The van der Waals surface area contributed by atoms with Gasteiger partial charge in [0, 0.05) is 43.0 Å². The van der Waals surface area contributed by atoms with Crippen LogP contribution in [0.2, 0.25) is 0 Å². The van der Waals surface area contributed by atoms with E-state index >= 15 is 0 Å². The van der Waals surface area contributed by atoms with Gasteiger partial charge in [-0.25, -0.2) is 4.79 Å². The Bertz CT molecular complexity index is 1390. The summed E-state index contributed by atoms with van der Waals surface area (Å²) in [7, 11) is 5.86. The number of ether oxygens (including phenoxy) is 2. The molecule has 0 saturated carbocycles. The highest BCUT2D eigenvalue weighted by Gasteiger charge is 2.37. The van der Waals surface area contributed by atoms with Crippen LogP contribution in [0, 0.1) is 0 Å². The van der Waals surface area contributed by atoms with Crippen molar-refractivity contribution in [1.82, 2.24) is 10.2 Å². The topological polar surface area (TPSA) is 92.1 Å². The summed E-state index contributed by atoms with van der Waals surface area (Å²) in [5, 5.41) is 6.48. The number of amides is 2. The molecule has 1 saturated heterocycles. The Morgan fingerprint density at radius 3 is 2.24 bits per heavy atom. The minimum atomic E-state index is -0.257. The van der Waals surface area contributed by atoms with Crippen molar-refractivity contribution in [2.75, 3.05) is 69.9 Å². The largest absolute Gasteiger partial charge is 0.497 e. The van der Waals surface area contributed by atoms with E-state index in [4.69, 9.17) is 15.2 Å². The normalized spacial score (nSPS) is 14.3. The van der Waals surface area contributed by atoms with Crippen molar-refractivity contribution in [3.05, 3.63) is 77.4 Å². The number of nitrogen functional groups attached to an aromatic ring is 1. The van der Waals surface area contributed by atoms with E-state index in [0.717, 1.165) is 78.6 Å². The lowest BCUT2D eigenvalue weighted by atomic mass is 9.72. The first-order chi connectivity index (χ1) is 21.5. The number of hydrogen-bond acceptors (Lipinski definition) is 6. The first kappa shape index (κ1) is 36.8. The van der Waals surface area contributed by atoms with Crippen LogP contribution in [0.5, 0.6) is 11.5 Å². The van der Waals surface area contributed by atoms with Crippen molar-refractivity contribution >= 4 is 35.5 Å². The monoisotopic (exact) mass is 651 g/mol. The minimum Gasteiger partial charge on any atom is -0.497 e. The summed E-state index contributed by atoms with van der Waals surface area (Å²) < 4.78 is 11.8. The molecule has 3 aromatic carbocycles. The maximum Gasteiger partial charge on any atom is 0.319 e. The smallest absolute Gasteiger partial charge is 0.319 e. The molecule has 0 bridgehead atoms. The van der Waals surface area contributed by atoms with Crippen molar-refractivity contribution in [3.8, 4) is 11.5 Å². The molecular weight excluding hydrogens is 598 g/mol. The third-order valence-electron chi connectivity index (χ3n) is 8.91. The number of piperidine rings is 1. The number of benzene rings is 3. The molecule has 0 unspecified atom stereocenters. The first-order valence-electron chi connectivity index (χ1n) is 16.3. The van der Waals surface area contributed by atoms with Crippen LogP contribution in [0.1, 0.15) is 75.5 Å². The van der Waals surface area contributed by atoms with Crippen molar-refractivity contribution in [2.45, 2.75) is 64.2 Å². The predicted molar refractivity (Wildman–Crippen MR) is 195 cm³/mol. The number of hydrogen-bond donors (Lipinski definition) is 3. The number of carbonyl (C=O) groups excluding carboxylic acids is 1. The summed E-state index contributed by atoms with van der Waals surface area (Å²) in [5.41, 5.74) is 12.0. The van der Waals surface area contributed by atoms with Crippen LogP contribution in [0.15, 0.2) is 60.7 Å². The molecule has 0 radical (unpaired) electrons. The zero-order chi connectivity index (χ0) is 32.6. The van der Waals surface area contributed by atoms with E-state index in [0.29, 0.717) is 13.2 Å². The van der Waals surface area contributed by atoms with Gasteiger partial charge in [-0.3, -0.25) is 0 Å². The number of nitrogens with one attached hydrogen (secondary N) is 2. The summed E-state index contributed by atoms with van der Waals surface area (Å²) in [5.74, 6) is 2.18. The summed E-state index contributed by atoms with van der Waals surface area (Å²) >= 11 is 0. The van der Waals surface area contributed by atoms with Crippen LogP contribution < -0.4 is 30.7 Å². The van der Waals surface area contributed by atoms with Gasteiger partial charge in [0.05, 0.1) is 19.4 Å². The number of rotatable bonds is 13. The highest BCUT2D eigenvalue weighted by molar-refractivity contribution is 5.92. The second-order valence-corrected chi connectivity index (χ2v) is 13.2. The van der Waals surface area contributed by atoms with E-state index in [1.54, 1.807) is 7.11 Å². The highest BCUT2D eigenvalue weighted by Crippen LogP contribution is 2.40. The average Bonchev–Trinajstić information content (AvgIpc) is 3.03. The third kappa shape index (κ3) is 9.23. The van der Waals surface area contributed by atoms with Crippen molar-refractivity contribution in [3.63, 3.8) is 0 Å². The van der Waals surface area contributed by atoms with Gasteiger partial charge >= 0.3 is 6.03 Å². The number of methoxy groups -OCH3 is 1. The van der Waals surface area contributed by atoms with E-state index in [9.17, 15) is 4.79 Å². The Kier molecular flexibility index (Phi) is 13.5. The quantitative estimate of drug-likeness (QED) is 0.130. The van der Waals surface area contributed by atoms with E-state index in [1.807, 2.05) is 30.3 Å². The molecule has 8 nitrogen and oxygen atoms in total. The Labute approximate surface area is 282 Å². The van der Waals surface area contributed by atoms with E-state index < -0.39 is 0 Å². The second kappa shape index (κ2) is 16.8. The molecule has 1 aliphatic rings. The number of halogens is 1. The van der Waals surface area contributed by atoms with Crippen LogP contribution in [-0.4, -0.2) is 64.9 Å². The van der Waals surface area contributed by atoms with E-state index in [1.165, 1.54) is 5.56 Å². The number of carbonyl (C=O) groups is 1. The van der Waals surface area contributed by atoms with Crippen molar-refractivity contribution in [2.24, 2.45) is 0 Å². The number of urea groups is 1. The molecule has 1 heterocycles. The molecule has 252 valence electrons. The zero-order valence-corrected chi connectivity index (χ0v) is 29.5. The molecule has 4 N–H and O–H groups in total. The fourth-order valence-corrected chi connectivity index (χ4v) is 6.27. The van der Waals surface area contributed by atoms with E-state index in [2.05, 4.69) is 92.6 Å². The molecule has 0 aromatic heterocycles. The van der Waals surface area contributed by atoms with Gasteiger partial charge < -0.3 is 35.6 Å². The third-order valence-corrected chi connectivity index (χ3v) is 8.91. The Balaban J connectivity index is 0.00000576. The molecule has 9 heteroatoms. The van der Waals surface area contributed by atoms with Crippen LogP contribution in [0.3, 0.4) is 0 Å². The summed E-state index contributed by atoms with van der Waals surface area (Å²) in [6, 6.07) is 20.4. The van der Waals surface area contributed by atoms with Gasteiger partial charge in [0.25, 0.3) is 0 Å². The molecule has 2 amide bonds.